The topological polar surface area (TPSA) is 12.0 Å². The standard InChI is InChI=1S/C10H15N/c1-3-4-9-5-7-10(11-2)8-6-9/h5-8,11H,3-4H2,1-2H3. The molecule has 1 heteroatoms. The number of anilines is 1. The van der Waals surface area contributed by atoms with Gasteiger partial charge in [-0.3, -0.25) is 0 Å². The third-order valence-electron chi connectivity index (χ3n) is 1.78. The van der Waals surface area contributed by atoms with Crippen molar-refractivity contribution in [2.75, 3.05) is 12.4 Å². The van der Waals surface area contributed by atoms with Crippen molar-refractivity contribution in [3.05, 3.63) is 29.8 Å². The summed E-state index contributed by atoms with van der Waals surface area (Å²) in [6.45, 7) is 2.20. The molecule has 0 aromatic heterocycles. The Morgan fingerprint density at radius 3 is 2.27 bits per heavy atom. The zero-order valence-electron chi connectivity index (χ0n) is 7.22. The molecule has 0 amide bonds. The van der Waals surface area contributed by atoms with Crippen LogP contribution in [0.4, 0.5) is 5.69 Å². The number of hydrogen-bond donors (Lipinski definition) is 1. The number of hydrogen-bond acceptors (Lipinski definition) is 1. The zero-order valence-corrected chi connectivity index (χ0v) is 7.22. The van der Waals surface area contributed by atoms with Crippen molar-refractivity contribution in [3.63, 3.8) is 0 Å². The van der Waals surface area contributed by atoms with Gasteiger partial charge in [0.2, 0.25) is 0 Å². The molecule has 0 bridgehead atoms. The molecule has 0 atom stereocenters. The highest BCUT2D eigenvalue weighted by Crippen LogP contribution is 2.09. The first-order valence-corrected chi connectivity index (χ1v) is 4.13. The van der Waals surface area contributed by atoms with Crippen molar-refractivity contribution in [3.8, 4) is 0 Å². The molecule has 0 aliphatic carbocycles. The first-order chi connectivity index (χ1) is 5.36. The summed E-state index contributed by atoms with van der Waals surface area (Å²) < 4.78 is 0. The van der Waals surface area contributed by atoms with Crippen LogP contribution in [0.2, 0.25) is 0 Å². The predicted molar refractivity (Wildman–Crippen MR) is 50.0 cm³/mol. The molecule has 0 heterocycles. The largest absolute Gasteiger partial charge is 0.388 e. The van der Waals surface area contributed by atoms with Crippen molar-refractivity contribution in [2.45, 2.75) is 19.8 Å². The lowest BCUT2D eigenvalue weighted by Crippen LogP contribution is -1.88. The molecule has 0 radical (unpaired) electrons. The van der Waals surface area contributed by atoms with E-state index in [1.54, 1.807) is 0 Å². The van der Waals surface area contributed by atoms with Crippen LogP contribution in [-0.4, -0.2) is 7.05 Å². The van der Waals surface area contributed by atoms with Crippen LogP contribution in [-0.2, 0) is 6.42 Å². The quantitative estimate of drug-likeness (QED) is 0.696. The van der Waals surface area contributed by atoms with Crippen LogP contribution in [0.3, 0.4) is 0 Å². The van der Waals surface area contributed by atoms with Crippen molar-refractivity contribution in [1.82, 2.24) is 0 Å². The summed E-state index contributed by atoms with van der Waals surface area (Å²) in [5.41, 5.74) is 2.61. The van der Waals surface area contributed by atoms with Gasteiger partial charge < -0.3 is 5.32 Å². The normalized spacial score (nSPS) is 9.64. The van der Waals surface area contributed by atoms with E-state index in [-0.39, 0.29) is 0 Å². The van der Waals surface area contributed by atoms with Gasteiger partial charge in [-0.15, -0.1) is 0 Å². The van der Waals surface area contributed by atoms with Crippen molar-refractivity contribution >= 4 is 5.69 Å². The molecule has 0 aliphatic heterocycles. The van der Waals surface area contributed by atoms with Crippen LogP contribution >= 0.6 is 0 Å². The third-order valence-corrected chi connectivity index (χ3v) is 1.78. The Hall–Kier alpha value is -0.980. The second-order valence-electron chi connectivity index (χ2n) is 2.70. The average Bonchev–Trinajstić information content (AvgIpc) is 2.07. The molecule has 0 saturated heterocycles. The van der Waals surface area contributed by atoms with Gasteiger partial charge in [-0.1, -0.05) is 25.5 Å². The Labute approximate surface area is 68.4 Å². The molecule has 1 rings (SSSR count). The predicted octanol–water partition coefficient (Wildman–Crippen LogP) is 2.68. The average molecular weight is 149 g/mol. The van der Waals surface area contributed by atoms with E-state index < -0.39 is 0 Å². The number of nitrogens with one attached hydrogen (secondary N) is 1. The second kappa shape index (κ2) is 4.02. The molecular formula is C10H15N. The van der Waals surface area contributed by atoms with Gasteiger partial charge in [-0.2, -0.15) is 0 Å². The minimum Gasteiger partial charge on any atom is -0.388 e. The summed E-state index contributed by atoms with van der Waals surface area (Å²) in [5, 5.41) is 3.10. The van der Waals surface area contributed by atoms with E-state index in [0.29, 0.717) is 0 Å². The van der Waals surface area contributed by atoms with Gasteiger partial charge in [0.25, 0.3) is 0 Å². The number of rotatable bonds is 3. The Bertz CT molecular complexity index is 201. The molecule has 1 N–H and O–H groups in total. The maximum absolute atomic E-state index is 3.10. The summed E-state index contributed by atoms with van der Waals surface area (Å²) in [6, 6.07) is 8.58. The van der Waals surface area contributed by atoms with Gasteiger partial charge >= 0.3 is 0 Å². The first-order valence-electron chi connectivity index (χ1n) is 4.13. The molecule has 0 spiro atoms. The van der Waals surface area contributed by atoms with E-state index in [2.05, 4.69) is 36.5 Å². The SMILES string of the molecule is CCCc1ccc(NC)cc1. The van der Waals surface area contributed by atoms with Crippen LogP contribution in [0.5, 0.6) is 0 Å². The molecule has 0 fully saturated rings. The monoisotopic (exact) mass is 149 g/mol. The van der Waals surface area contributed by atoms with Crippen LogP contribution < -0.4 is 5.32 Å². The summed E-state index contributed by atoms with van der Waals surface area (Å²) in [6.07, 6.45) is 2.41. The maximum atomic E-state index is 3.10. The summed E-state index contributed by atoms with van der Waals surface area (Å²) in [4.78, 5) is 0. The zero-order chi connectivity index (χ0) is 8.10. The van der Waals surface area contributed by atoms with Gasteiger partial charge in [0, 0.05) is 12.7 Å². The second-order valence-corrected chi connectivity index (χ2v) is 2.70. The highest BCUT2D eigenvalue weighted by atomic mass is 14.8. The molecule has 1 nitrogen and oxygen atoms in total. The molecule has 11 heavy (non-hydrogen) atoms. The molecular weight excluding hydrogens is 134 g/mol. The minimum atomic E-state index is 1.18. The fourth-order valence-electron chi connectivity index (χ4n) is 1.13. The van der Waals surface area contributed by atoms with Crippen molar-refractivity contribution in [1.29, 1.82) is 0 Å². The number of benzene rings is 1. The van der Waals surface area contributed by atoms with Gasteiger partial charge in [-0.25, -0.2) is 0 Å². The lowest BCUT2D eigenvalue weighted by atomic mass is 10.1. The molecule has 60 valence electrons. The van der Waals surface area contributed by atoms with Crippen molar-refractivity contribution in [2.24, 2.45) is 0 Å². The highest BCUT2D eigenvalue weighted by molar-refractivity contribution is 5.43. The van der Waals surface area contributed by atoms with Gasteiger partial charge in [0.15, 0.2) is 0 Å². The Balaban J connectivity index is 2.66. The molecule has 0 aliphatic rings. The number of aryl methyl sites for hydroxylation is 1. The van der Waals surface area contributed by atoms with E-state index in [1.165, 1.54) is 24.1 Å². The Morgan fingerprint density at radius 1 is 1.18 bits per heavy atom. The van der Waals surface area contributed by atoms with Crippen LogP contribution in [0.1, 0.15) is 18.9 Å². The Morgan fingerprint density at radius 2 is 1.82 bits per heavy atom. The van der Waals surface area contributed by atoms with Gasteiger partial charge in [-0.05, 0) is 24.1 Å². The van der Waals surface area contributed by atoms with Crippen LogP contribution in [0, 0.1) is 0 Å². The van der Waals surface area contributed by atoms with E-state index in [9.17, 15) is 0 Å². The Kier molecular flexibility index (Phi) is 2.96. The fraction of sp³-hybridized carbons (Fsp3) is 0.400. The van der Waals surface area contributed by atoms with Gasteiger partial charge in [0.05, 0.1) is 0 Å². The molecule has 0 unspecified atom stereocenters. The van der Waals surface area contributed by atoms with E-state index in [1.807, 2.05) is 7.05 Å². The molecule has 1 aromatic rings. The summed E-state index contributed by atoms with van der Waals surface area (Å²) in [5.74, 6) is 0. The third kappa shape index (κ3) is 2.26. The van der Waals surface area contributed by atoms with E-state index in [0.717, 1.165) is 0 Å². The summed E-state index contributed by atoms with van der Waals surface area (Å²) in [7, 11) is 1.94. The van der Waals surface area contributed by atoms with E-state index in [4.69, 9.17) is 0 Å². The summed E-state index contributed by atoms with van der Waals surface area (Å²) >= 11 is 0. The lowest BCUT2D eigenvalue weighted by molar-refractivity contribution is 0.922. The minimum absolute atomic E-state index is 1.18. The van der Waals surface area contributed by atoms with Crippen LogP contribution in [0.15, 0.2) is 24.3 Å². The highest BCUT2D eigenvalue weighted by Gasteiger charge is 1.90. The van der Waals surface area contributed by atoms with Crippen LogP contribution in [0.25, 0.3) is 0 Å². The molecule has 0 saturated carbocycles. The molecule has 1 aromatic carbocycles. The van der Waals surface area contributed by atoms with Gasteiger partial charge in [0.1, 0.15) is 0 Å². The smallest absolute Gasteiger partial charge is 0.0337 e. The first kappa shape index (κ1) is 8.12. The lowest BCUT2D eigenvalue weighted by Gasteiger charge is -2.01. The van der Waals surface area contributed by atoms with Crippen molar-refractivity contribution < 1.29 is 0 Å². The maximum Gasteiger partial charge on any atom is 0.0337 e. The fourth-order valence-corrected chi connectivity index (χ4v) is 1.13. The van der Waals surface area contributed by atoms with E-state index >= 15 is 0 Å².